The summed E-state index contributed by atoms with van der Waals surface area (Å²) < 4.78 is 13.1. The van der Waals surface area contributed by atoms with E-state index in [1.54, 1.807) is 0 Å². The monoisotopic (exact) mass is 620 g/mol. The number of carbonyl (C=O) groups excluding carboxylic acids is 1. The van der Waals surface area contributed by atoms with Crippen molar-refractivity contribution in [1.82, 2.24) is 0 Å². The second kappa shape index (κ2) is 11.0. The Morgan fingerprint density at radius 3 is 2.14 bits per heavy atom. The summed E-state index contributed by atoms with van der Waals surface area (Å²) in [6, 6.07) is 31.9. The Balaban J connectivity index is 1.48. The second-order valence-electron chi connectivity index (χ2n) is 8.27. The van der Waals surface area contributed by atoms with Crippen LogP contribution in [0.3, 0.4) is 0 Å². The topological polar surface area (TPSA) is 35.5 Å². The summed E-state index contributed by atoms with van der Waals surface area (Å²) in [6.45, 7) is -0.151. The molecule has 0 N–H and O–H groups in total. The summed E-state index contributed by atoms with van der Waals surface area (Å²) in [5.41, 5.74) is 5.94. The Labute approximate surface area is 231 Å². The average Bonchev–Trinajstić information content (AvgIpc) is 3.26. The highest BCUT2D eigenvalue weighted by Crippen LogP contribution is 2.42. The van der Waals surface area contributed by atoms with Crippen LogP contribution in [0, 0.1) is 0 Å². The van der Waals surface area contributed by atoms with E-state index in [-0.39, 0.29) is 6.61 Å². The number of fused-ring (bicyclic) bond motifs is 1. The lowest BCUT2D eigenvalue weighted by molar-refractivity contribution is -0.142. The minimum atomic E-state index is -0.430. The zero-order valence-electron chi connectivity index (χ0n) is 19.5. The Hall–Kier alpha value is -2.93. The summed E-state index contributed by atoms with van der Waals surface area (Å²) in [7, 11) is 1.34. The van der Waals surface area contributed by atoms with Crippen molar-refractivity contribution in [2.24, 2.45) is 0 Å². The molecule has 1 heterocycles. The molecule has 4 aromatic carbocycles. The third-order valence-electron chi connectivity index (χ3n) is 5.94. The molecule has 0 bridgehead atoms. The number of carbonyl (C=O) groups is 1. The van der Waals surface area contributed by atoms with E-state index in [1.165, 1.54) is 38.8 Å². The van der Waals surface area contributed by atoms with E-state index in [1.807, 2.05) is 23.5 Å². The number of hydrogen-bond donors (Lipinski definition) is 0. The normalized spacial score (nSPS) is 11.0. The van der Waals surface area contributed by atoms with Crippen molar-refractivity contribution in [2.75, 3.05) is 13.7 Å². The van der Waals surface area contributed by atoms with Crippen LogP contribution < -0.4 is 4.74 Å². The first-order valence-electron chi connectivity index (χ1n) is 11.4. The maximum absolute atomic E-state index is 11.5. The highest BCUT2D eigenvalue weighted by atomic mass is 79.9. The van der Waals surface area contributed by atoms with Crippen LogP contribution in [0.15, 0.2) is 99.9 Å². The lowest BCUT2D eigenvalue weighted by Gasteiger charge is -2.12. The molecule has 0 aliphatic heterocycles. The van der Waals surface area contributed by atoms with E-state index < -0.39 is 5.97 Å². The van der Waals surface area contributed by atoms with E-state index in [9.17, 15) is 4.79 Å². The smallest absolute Gasteiger partial charge is 0.343 e. The largest absolute Gasteiger partial charge is 0.480 e. The molecule has 5 aromatic rings. The maximum atomic E-state index is 11.5. The minimum absolute atomic E-state index is 0.151. The van der Waals surface area contributed by atoms with Crippen LogP contribution in [-0.2, 0) is 16.0 Å². The van der Waals surface area contributed by atoms with Gasteiger partial charge in [0.25, 0.3) is 0 Å². The van der Waals surface area contributed by atoms with E-state index >= 15 is 0 Å². The summed E-state index contributed by atoms with van der Waals surface area (Å²) >= 11 is 9.02. The molecule has 0 amide bonds. The summed E-state index contributed by atoms with van der Waals surface area (Å²) in [4.78, 5) is 12.8. The van der Waals surface area contributed by atoms with Crippen molar-refractivity contribution in [3.05, 3.63) is 110 Å². The molecule has 0 saturated heterocycles. The van der Waals surface area contributed by atoms with Crippen molar-refractivity contribution < 1.29 is 14.3 Å². The number of ether oxygens (including phenoxy) is 2. The molecular formula is C30H22Br2O3S. The predicted octanol–water partition coefficient (Wildman–Crippen LogP) is 8.90. The number of rotatable bonds is 7. The van der Waals surface area contributed by atoms with Crippen LogP contribution in [-0.4, -0.2) is 19.7 Å². The quantitative estimate of drug-likeness (QED) is 0.170. The molecule has 1 aromatic heterocycles. The minimum Gasteiger partial charge on any atom is -0.480 e. The van der Waals surface area contributed by atoms with Gasteiger partial charge in [0, 0.05) is 26.9 Å². The zero-order chi connectivity index (χ0) is 25.1. The summed E-state index contributed by atoms with van der Waals surface area (Å²) in [5, 5.41) is 1.29. The Kier molecular flexibility index (Phi) is 7.56. The lowest BCUT2D eigenvalue weighted by atomic mass is 9.96. The molecule has 0 atom stereocenters. The molecule has 0 fully saturated rings. The van der Waals surface area contributed by atoms with Crippen LogP contribution in [0.1, 0.15) is 10.4 Å². The SMILES string of the molecule is COC(=O)COc1c(Br)cc(-c2ccc(-c3c(Cc4ccccc4)sc4ccccc34)cc2)cc1Br. The maximum Gasteiger partial charge on any atom is 0.343 e. The number of benzene rings is 4. The number of halogens is 2. The third-order valence-corrected chi connectivity index (χ3v) is 8.29. The fraction of sp³-hybridized carbons (Fsp3) is 0.100. The Morgan fingerprint density at radius 2 is 1.44 bits per heavy atom. The van der Waals surface area contributed by atoms with Gasteiger partial charge in [-0.3, -0.25) is 0 Å². The molecule has 0 spiro atoms. The fourth-order valence-electron chi connectivity index (χ4n) is 4.20. The van der Waals surface area contributed by atoms with Gasteiger partial charge in [-0.2, -0.15) is 0 Å². The Bertz CT molecular complexity index is 1500. The number of methoxy groups -OCH3 is 1. The summed E-state index contributed by atoms with van der Waals surface area (Å²) in [6.07, 6.45) is 0.907. The molecule has 6 heteroatoms. The summed E-state index contributed by atoms with van der Waals surface area (Å²) in [5.74, 6) is 0.136. The van der Waals surface area contributed by atoms with Gasteiger partial charge in [-0.1, -0.05) is 72.8 Å². The van der Waals surface area contributed by atoms with Gasteiger partial charge in [0.2, 0.25) is 0 Å². The molecular weight excluding hydrogens is 600 g/mol. The van der Waals surface area contributed by atoms with Gasteiger partial charge in [0.15, 0.2) is 6.61 Å². The average molecular weight is 622 g/mol. The molecule has 0 aliphatic carbocycles. The Morgan fingerprint density at radius 1 is 0.806 bits per heavy atom. The van der Waals surface area contributed by atoms with Crippen molar-refractivity contribution in [2.45, 2.75) is 6.42 Å². The molecule has 0 unspecified atom stereocenters. The molecule has 0 aliphatic rings. The van der Waals surface area contributed by atoms with Crippen LogP contribution in [0.4, 0.5) is 0 Å². The second-order valence-corrected chi connectivity index (χ2v) is 11.1. The van der Waals surface area contributed by atoms with E-state index in [0.29, 0.717) is 5.75 Å². The highest BCUT2D eigenvalue weighted by Gasteiger charge is 2.16. The van der Waals surface area contributed by atoms with Gasteiger partial charge < -0.3 is 9.47 Å². The molecule has 0 radical (unpaired) electrons. The van der Waals surface area contributed by atoms with Crippen LogP contribution in [0.25, 0.3) is 32.3 Å². The van der Waals surface area contributed by atoms with Crippen molar-refractivity contribution >= 4 is 59.3 Å². The number of hydrogen-bond acceptors (Lipinski definition) is 4. The predicted molar refractivity (Wildman–Crippen MR) is 155 cm³/mol. The first kappa shape index (κ1) is 24.8. The van der Waals surface area contributed by atoms with E-state index in [2.05, 4.69) is 115 Å². The van der Waals surface area contributed by atoms with Crippen LogP contribution >= 0.6 is 43.2 Å². The number of thiophene rings is 1. The molecule has 5 rings (SSSR count). The molecule has 180 valence electrons. The lowest BCUT2D eigenvalue weighted by Crippen LogP contribution is -2.13. The van der Waals surface area contributed by atoms with Gasteiger partial charge in [0.1, 0.15) is 5.75 Å². The third kappa shape index (κ3) is 5.26. The van der Waals surface area contributed by atoms with Gasteiger partial charge in [0.05, 0.1) is 16.1 Å². The standard InChI is InChI=1S/C30H22Br2O3S/c1-34-28(33)18-35-30-24(31)16-22(17-25(30)32)20-11-13-21(14-12-20)29-23-9-5-6-10-26(23)36-27(29)15-19-7-3-2-4-8-19/h2-14,16-17H,15,18H2,1H3. The van der Waals surface area contributed by atoms with Crippen molar-refractivity contribution in [3.8, 4) is 28.0 Å². The van der Waals surface area contributed by atoms with Crippen molar-refractivity contribution in [3.63, 3.8) is 0 Å². The van der Waals surface area contributed by atoms with Gasteiger partial charge >= 0.3 is 5.97 Å². The van der Waals surface area contributed by atoms with Gasteiger partial charge in [-0.25, -0.2) is 4.79 Å². The first-order valence-corrected chi connectivity index (χ1v) is 13.8. The van der Waals surface area contributed by atoms with Crippen LogP contribution in [0.2, 0.25) is 0 Å². The zero-order valence-corrected chi connectivity index (χ0v) is 23.5. The molecule has 0 saturated carbocycles. The van der Waals surface area contributed by atoms with Gasteiger partial charge in [-0.05, 0) is 72.3 Å². The fourth-order valence-corrected chi connectivity index (χ4v) is 6.88. The molecule has 3 nitrogen and oxygen atoms in total. The highest BCUT2D eigenvalue weighted by molar-refractivity contribution is 9.11. The number of esters is 1. The van der Waals surface area contributed by atoms with E-state index in [0.717, 1.165) is 26.5 Å². The van der Waals surface area contributed by atoms with Crippen LogP contribution in [0.5, 0.6) is 5.75 Å². The van der Waals surface area contributed by atoms with Crippen molar-refractivity contribution in [1.29, 1.82) is 0 Å². The first-order chi connectivity index (χ1) is 17.5. The molecule has 36 heavy (non-hydrogen) atoms. The van der Waals surface area contributed by atoms with Gasteiger partial charge in [-0.15, -0.1) is 11.3 Å². The van der Waals surface area contributed by atoms with E-state index in [4.69, 9.17) is 4.74 Å².